The van der Waals surface area contributed by atoms with Gasteiger partial charge in [0.05, 0.1) is 18.2 Å². The lowest BCUT2D eigenvalue weighted by Gasteiger charge is -2.15. The Bertz CT molecular complexity index is 502. The van der Waals surface area contributed by atoms with Gasteiger partial charge < -0.3 is 4.74 Å². The molecule has 0 saturated carbocycles. The van der Waals surface area contributed by atoms with Crippen molar-refractivity contribution >= 4 is 5.97 Å². The number of benzene rings is 1. The zero-order valence-corrected chi connectivity index (χ0v) is 9.12. The molecule has 0 N–H and O–H groups in total. The molecule has 106 valence electrons. The lowest BCUT2D eigenvalue weighted by Crippen LogP contribution is -2.20. The van der Waals surface area contributed by atoms with Gasteiger partial charge >= 0.3 is 18.3 Å². The number of hydrogen-bond acceptors (Lipinski definition) is 2. The van der Waals surface area contributed by atoms with E-state index in [1.807, 2.05) is 0 Å². The van der Waals surface area contributed by atoms with Crippen LogP contribution in [0.3, 0.4) is 0 Å². The van der Waals surface area contributed by atoms with Gasteiger partial charge in [-0.3, -0.25) is 0 Å². The minimum absolute atomic E-state index is 0.0157. The first-order valence-corrected chi connectivity index (χ1v) is 4.55. The van der Waals surface area contributed by atoms with E-state index in [4.69, 9.17) is 0 Å². The minimum Gasteiger partial charge on any atom is -0.465 e. The highest BCUT2D eigenvalue weighted by atomic mass is 19.4. The number of carbonyl (C=O) groups excluding carboxylic acids is 1. The molecule has 0 radical (unpaired) electrons. The first-order valence-electron chi connectivity index (χ1n) is 4.55. The lowest BCUT2D eigenvalue weighted by atomic mass is 10.0. The number of ether oxygens (including phenoxy) is 1. The summed E-state index contributed by atoms with van der Waals surface area (Å²) in [6.07, 6.45) is -10.4. The molecule has 0 heterocycles. The van der Waals surface area contributed by atoms with Gasteiger partial charge in [-0.1, -0.05) is 0 Å². The summed E-state index contributed by atoms with van der Waals surface area (Å²) in [4.78, 5) is 11.1. The molecule has 0 saturated heterocycles. The lowest BCUT2D eigenvalue weighted by molar-refractivity contribution is -0.143. The predicted octanol–water partition coefficient (Wildman–Crippen LogP) is 3.65. The molecule has 1 aromatic rings. The quantitative estimate of drug-likeness (QED) is 0.583. The molecule has 2 nitrogen and oxygen atoms in total. The van der Waals surface area contributed by atoms with E-state index in [-0.39, 0.29) is 12.1 Å². The SMILES string of the molecule is COC(=O)c1c(C(F)(F)F)ccc(C(F)(F)F)c1F. The number of esters is 1. The summed E-state index contributed by atoms with van der Waals surface area (Å²) in [5.74, 6) is -4.15. The van der Waals surface area contributed by atoms with Gasteiger partial charge in [0.25, 0.3) is 0 Å². The summed E-state index contributed by atoms with van der Waals surface area (Å²) in [5.41, 5.74) is -5.59. The Kier molecular flexibility index (Phi) is 3.78. The fourth-order valence-electron chi connectivity index (χ4n) is 1.33. The summed E-state index contributed by atoms with van der Waals surface area (Å²) in [5, 5.41) is 0. The van der Waals surface area contributed by atoms with Gasteiger partial charge in [0.2, 0.25) is 0 Å². The largest absolute Gasteiger partial charge is 0.465 e. The Morgan fingerprint density at radius 1 is 1.00 bits per heavy atom. The molecule has 0 bridgehead atoms. The van der Waals surface area contributed by atoms with Gasteiger partial charge in [-0.15, -0.1) is 0 Å². The average Bonchev–Trinajstić information content (AvgIpc) is 2.24. The number of carbonyl (C=O) groups is 1. The van der Waals surface area contributed by atoms with Crippen LogP contribution in [0.25, 0.3) is 0 Å². The van der Waals surface area contributed by atoms with Crippen LogP contribution in [0.4, 0.5) is 30.7 Å². The molecule has 0 aliphatic heterocycles. The van der Waals surface area contributed by atoms with Gasteiger partial charge in [-0.25, -0.2) is 9.18 Å². The molecule has 0 aliphatic rings. The fourth-order valence-corrected chi connectivity index (χ4v) is 1.33. The first kappa shape index (κ1) is 15.3. The third kappa shape index (κ3) is 2.96. The molecule has 19 heavy (non-hydrogen) atoms. The average molecular weight is 290 g/mol. The second-order valence-corrected chi connectivity index (χ2v) is 3.34. The standard InChI is InChI=1S/C10H5F7O2/c1-19-8(18)6-4(9(12,13)14)2-3-5(7(6)11)10(15,16)17/h2-3H,1H3. The normalized spacial score (nSPS) is 12.4. The molecule has 0 fully saturated rings. The summed E-state index contributed by atoms with van der Waals surface area (Å²) < 4.78 is 91.9. The molecular weight excluding hydrogens is 285 g/mol. The van der Waals surface area contributed by atoms with Crippen molar-refractivity contribution in [1.82, 2.24) is 0 Å². The van der Waals surface area contributed by atoms with Crippen LogP contribution in [-0.2, 0) is 17.1 Å². The number of hydrogen-bond donors (Lipinski definition) is 0. The molecule has 0 atom stereocenters. The fraction of sp³-hybridized carbons (Fsp3) is 0.300. The highest BCUT2D eigenvalue weighted by Gasteiger charge is 2.42. The molecule has 0 amide bonds. The second kappa shape index (κ2) is 4.71. The van der Waals surface area contributed by atoms with Crippen LogP contribution < -0.4 is 0 Å². The Balaban J connectivity index is 3.65. The van der Waals surface area contributed by atoms with E-state index >= 15 is 0 Å². The smallest absolute Gasteiger partial charge is 0.419 e. The van der Waals surface area contributed by atoms with Crippen molar-refractivity contribution < 1.29 is 40.3 Å². The molecule has 0 aromatic heterocycles. The molecule has 9 heteroatoms. The molecule has 0 unspecified atom stereocenters. The van der Waals surface area contributed by atoms with Gasteiger partial charge in [-0.2, -0.15) is 26.3 Å². The zero-order valence-electron chi connectivity index (χ0n) is 9.12. The van der Waals surface area contributed by atoms with Crippen molar-refractivity contribution in [3.63, 3.8) is 0 Å². The molecule has 0 spiro atoms. The summed E-state index contributed by atoms with van der Waals surface area (Å²) in [6.45, 7) is 0. The van der Waals surface area contributed by atoms with Crippen LogP contribution in [0.15, 0.2) is 12.1 Å². The Morgan fingerprint density at radius 2 is 1.42 bits per heavy atom. The Morgan fingerprint density at radius 3 is 1.79 bits per heavy atom. The minimum atomic E-state index is -5.23. The number of alkyl halides is 6. The van der Waals surface area contributed by atoms with E-state index in [9.17, 15) is 35.5 Å². The number of halogens is 7. The molecule has 1 aromatic carbocycles. The van der Waals surface area contributed by atoms with E-state index in [0.29, 0.717) is 7.11 Å². The highest BCUT2D eigenvalue weighted by Crippen LogP contribution is 2.38. The van der Waals surface area contributed by atoms with Crippen LogP contribution in [0.1, 0.15) is 21.5 Å². The summed E-state index contributed by atoms with van der Waals surface area (Å²) in [7, 11) is 0.627. The van der Waals surface area contributed by atoms with E-state index in [2.05, 4.69) is 4.74 Å². The highest BCUT2D eigenvalue weighted by molar-refractivity contribution is 5.92. The number of methoxy groups -OCH3 is 1. The van der Waals surface area contributed by atoms with E-state index < -0.39 is 40.8 Å². The maximum absolute atomic E-state index is 13.5. The van der Waals surface area contributed by atoms with Crippen molar-refractivity contribution in [3.05, 3.63) is 34.6 Å². The van der Waals surface area contributed by atoms with Crippen LogP contribution in [-0.4, -0.2) is 13.1 Å². The Hall–Kier alpha value is -1.80. The Labute approximate surface area is 101 Å². The summed E-state index contributed by atoms with van der Waals surface area (Å²) in [6, 6.07) is -0.0945. The van der Waals surface area contributed by atoms with Crippen LogP contribution in [0.5, 0.6) is 0 Å². The molecular formula is C10H5F7O2. The van der Waals surface area contributed by atoms with Gasteiger partial charge in [0, 0.05) is 0 Å². The maximum atomic E-state index is 13.5. The first-order chi connectivity index (χ1) is 8.50. The third-order valence-corrected chi connectivity index (χ3v) is 2.14. The van der Waals surface area contributed by atoms with Crippen molar-refractivity contribution in [3.8, 4) is 0 Å². The van der Waals surface area contributed by atoms with Crippen molar-refractivity contribution in [1.29, 1.82) is 0 Å². The topological polar surface area (TPSA) is 26.3 Å². The predicted molar refractivity (Wildman–Crippen MR) is 47.7 cm³/mol. The van der Waals surface area contributed by atoms with Gasteiger partial charge in [0.1, 0.15) is 5.56 Å². The third-order valence-electron chi connectivity index (χ3n) is 2.14. The monoisotopic (exact) mass is 290 g/mol. The van der Waals surface area contributed by atoms with E-state index in [0.717, 1.165) is 0 Å². The van der Waals surface area contributed by atoms with E-state index in [1.165, 1.54) is 0 Å². The molecule has 1 rings (SSSR count). The second-order valence-electron chi connectivity index (χ2n) is 3.34. The van der Waals surface area contributed by atoms with E-state index in [1.54, 1.807) is 0 Å². The zero-order chi connectivity index (χ0) is 15.0. The van der Waals surface area contributed by atoms with Crippen molar-refractivity contribution in [2.75, 3.05) is 7.11 Å². The molecule has 0 aliphatic carbocycles. The van der Waals surface area contributed by atoms with Crippen molar-refractivity contribution in [2.45, 2.75) is 12.4 Å². The van der Waals surface area contributed by atoms with Crippen LogP contribution >= 0.6 is 0 Å². The van der Waals surface area contributed by atoms with Gasteiger partial charge in [0.15, 0.2) is 5.82 Å². The number of rotatable bonds is 1. The maximum Gasteiger partial charge on any atom is 0.419 e. The van der Waals surface area contributed by atoms with Crippen LogP contribution in [0.2, 0.25) is 0 Å². The van der Waals surface area contributed by atoms with Crippen LogP contribution in [0, 0.1) is 5.82 Å². The van der Waals surface area contributed by atoms with Crippen molar-refractivity contribution in [2.24, 2.45) is 0 Å². The van der Waals surface area contributed by atoms with Gasteiger partial charge in [-0.05, 0) is 12.1 Å². The summed E-state index contributed by atoms with van der Waals surface area (Å²) >= 11 is 0.